The minimum atomic E-state index is -4.70. The zero-order chi connectivity index (χ0) is 35.3. The van der Waals surface area contributed by atoms with Crippen LogP contribution in [0.25, 0.3) is 22.0 Å². The first-order valence-electron chi connectivity index (χ1n) is 15.1. The molecule has 0 bridgehead atoms. The maximum atomic E-state index is 17.7. The summed E-state index contributed by atoms with van der Waals surface area (Å²) in [4.78, 5) is 4.72. The van der Waals surface area contributed by atoms with E-state index in [2.05, 4.69) is 4.98 Å². The van der Waals surface area contributed by atoms with Crippen LogP contribution < -0.4 is 0 Å². The number of aliphatic hydroxyl groups is 1. The minimum Gasteiger partial charge on any atom is -0.386 e. The van der Waals surface area contributed by atoms with Crippen molar-refractivity contribution in [2.24, 2.45) is 0 Å². The first-order valence-corrected chi connectivity index (χ1v) is 20.1. The molecule has 2 unspecified atom stereocenters. The predicted octanol–water partition coefficient (Wildman–Crippen LogP) is 6.99. The van der Waals surface area contributed by atoms with Crippen LogP contribution in [0.2, 0.25) is 0 Å². The minimum absolute atomic E-state index is 0.127. The maximum Gasteiger partial charge on any atom is 0.244 e. The highest BCUT2D eigenvalue weighted by atomic mass is 32.2. The lowest BCUT2D eigenvalue weighted by atomic mass is 9.92. The lowest BCUT2D eigenvalue weighted by Gasteiger charge is -2.27. The van der Waals surface area contributed by atoms with Crippen molar-refractivity contribution in [1.82, 2.24) is 4.98 Å². The Balaban J connectivity index is 1.67. The first kappa shape index (κ1) is 35.5. The largest absolute Gasteiger partial charge is 0.386 e. The van der Waals surface area contributed by atoms with E-state index in [4.69, 9.17) is 0 Å². The highest BCUT2D eigenvalue weighted by Crippen LogP contribution is 2.42. The second-order valence-corrected chi connectivity index (χ2v) is 19.1. The Labute approximate surface area is 284 Å². The molecule has 0 radical (unpaired) electrons. The van der Waals surface area contributed by atoms with Gasteiger partial charge in [0.1, 0.15) is 0 Å². The van der Waals surface area contributed by atoms with E-state index < -0.39 is 52.2 Å². The number of nitrogens with zero attached hydrogens (tertiary/aromatic N) is 1. The number of fused-ring (bicyclic) bond motifs is 1. The van der Waals surface area contributed by atoms with Crippen LogP contribution in [0.4, 0.5) is 4.39 Å². The summed E-state index contributed by atoms with van der Waals surface area (Å²) in [6.07, 6.45) is 3.73. The number of aromatic nitrogens is 1. The predicted molar refractivity (Wildman–Crippen MR) is 189 cm³/mol. The smallest absolute Gasteiger partial charge is 0.244 e. The summed E-state index contributed by atoms with van der Waals surface area (Å²) in [5.74, 6) is 0. The van der Waals surface area contributed by atoms with Crippen molar-refractivity contribution in [3.63, 3.8) is 0 Å². The van der Waals surface area contributed by atoms with E-state index >= 15 is 4.39 Å². The van der Waals surface area contributed by atoms with Gasteiger partial charge in [0.15, 0.2) is 9.84 Å². The Bertz CT molecular complexity index is 2240. The third kappa shape index (κ3) is 6.61. The lowest BCUT2D eigenvalue weighted by molar-refractivity contribution is 0.0785. The van der Waals surface area contributed by atoms with Crippen molar-refractivity contribution >= 4 is 41.4 Å². The van der Waals surface area contributed by atoms with Crippen molar-refractivity contribution in [2.45, 2.75) is 59.3 Å². The molecule has 4 aromatic carbocycles. The van der Waals surface area contributed by atoms with Crippen molar-refractivity contribution in [2.75, 3.05) is 12.5 Å². The van der Waals surface area contributed by atoms with Crippen LogP contribution in [0, 0.1) is 0 Å². The molecular formula is C37H38FNO6S3. The molecule has 1 heterocycles. The quantitative estimate of drug-likeness (QED) is 0.166. The summed E-state index contributed by atoms with van der Waals surface area (Å²) in [7, 11) is -9.58. The number of hydrogen-bond acceptors (Lipinski definition) is 7. The number of hydrogen-bond donors (Lipinski definition) is 1. The zero-order valence-electron chi connectivity index (χ0n) is 27.6. The second-order valence-electron chi connectivity index (χ2n) is 13.1. The summed E-state index contributed by atoms with van der Waals surface area (Å²) in [6.45, 7) is 6.41. The SMILES string of the molecule is CS(=O)c1ccc(C(F)(Cc2cccc(-c3cc(C(C)(C)S(C)(=O)=O)cc4cccnc34)c2)S(=O)(=O)c2ccc(C(C)(C)O)cc2)cc1. The first-order chi connectivity index (χ1) is 22.3. The topological polar surface area (TPSA) is 118 Å². The molecule has 48 heavy (non-hydrogen) atoms. The van der Waals surface area contributed by atoms with Crippen molar-refractivity contribution in [3.05, 3.63) is 126 Å². The monoisotopic (exact) mass is 707 g/mol. The molecule has 0 spiro atoms. The molecule has 0 saturated heterocycles. The molecule has 0 amide bonds. The van der Waals surface area contributed by atoms with Crippen LogP contribution >= 0.6 is 0 Å². The van der Waals surface area contributed by atoms with E-state index in [9.17, 15) is 26.2 Å². The van der Waals surface area contributed by atoms with E-state index in [1.54, 1.807) is 76.4 Å². The van der Waals surface area contributed by atoms with E-state index in [-0.39, 0.29) is 10.5 Å². The number of sulfone groups is 2. The molecule has 0 aliphatic heterocycles. The highest BCUT2D eigenvalue weighted by molar-refractivity contribution is 7.92. The normalized spacial score (nSPS) is 14.8. The number of benzene rings is 4. The molecule has 7 nitrogen and oxygen atoms in total. The summed E-state index contributed by atoms with van der Waals surface area (Å²) in [5, 5.41) is 8.16. The van der Waals surface area contributed by atoms with Gasteiger partial charge in [0.2, 0.25) is 14.8 Å². The van der Waals surface area contributed by atoms with E-state index in [1.807, 2.05) is 6.07 Å². The number of halogens is 1. The van der Waals surface area contributed by atoms with E-state index in [1.165, 1.54) is 61.0 Å². The van der Waals surface area contributed by atoms with Gasteiger partial charge in [-0.2, -0.15) is 0 Å². The van der Waals surface area contributed by atoms with Gasteiger partial charge in [0.25, 0.3) is 0 Å². The second kappa shape index (κ2) is 12.6. The Morgan fingerprint density at radius 1 is 0.792 bits per heavy atom. The fourth-order valence-electron chi connectivity index (χ4n) is 5.56. The van der Waals surface area contributed by atoms with E-state index in [0.29, 0.717) is 38.2 Å². The maximum absolute atomic E-state index is 17.7. The zero-order valence-corrected chi connectivity index (χ0v) is 30.0. The number of alkyl halides is 1. The molecule has 0 aliphatic carbocycles. The molecule has 252 valence electrons. The van der Waals surface area contributed by atoms with Crippen molar-refractivity contribution in [3.8, 4) is 11.1 Å². The van der Waals surface area contributed by atoms with E-state index in [0.717, 1.165) is 5.39 Å². The van der Waals surface area contributed by atoms with Crippen molar-refractivity contribution in [1.29, 1.82) is 0 Å². The summed E-state index contributed by atoms with van der Waals surface area (Å²) < 4.78 is 82.6. The van der Waals surface area contributed by atoms with Gasteiger partial charge in [-0.1, -0.05) is 54.6 Å². The van der Waals surface area contributed by atoms with Crippen LogP contribution in [0.15, 0.2) is 113 Å². The van der Waals surface area contributed by atoms with Crippen LogP contribution in [0.1, 0.15) is 49.9 Å². The van der Waals surface area contributed by atoms with Crippen LogP contribution in [0.3, 0.4) is 0 Å². The fraction of sp³-hybridized carbons (Fsp3) is 0.270. The molecule has 1 N–H and O–H groups in total. The molecule has 2 atom stereocenters. The standard InChI is InChI=1S/C37H38FNO6S3/c1-35(2,40)28-14-18-32(19-15-28)48(44,45)37(38,29-12-16-31(17-13-29)46(5)41)24-25-9-7-10-26(21-25)33-23-30(36(3,4)47(6,42)43)22-27-11-8-20-39-34(27)33/h7-23,40H,24H2,1-6H3. The van der Waals surface area contributed by atoms with Gasteiger partial charge < -0.3 is 5.11 Å². The lowest BCUT2D eigenvalue weighted by Crippen LogP contribution is -2.34. The molecule has 0 aliphatic rings. The van der Waals surface area contributed by atoms with Gasteiger partial charge in [-0.3, -0.25) is 9.19 Å². The highest BCUT2D eigenvalue weighted by Gasteiger charge is 2.47. The molecule has 5 aromatic rings. The van der Waals surface area contributed by atoms with Crippen LogP contribution in [-0.4, -0.2) is 43.6 Å². The summed E-state index contributed by atoms with van der Waals surface area (Å²) in [6, 6.07) is 25.1. The summed E-state index contributed by atoms with van der Waals surface area (Å²) >= 11 is 0. The summed E-state index contributed by atoms with van der Waals surface area (Å²) in [5.41, 5.74) is 1.86. The molecule has 1 aromatic heterocycles. The molecule has 0 fully saturated rings. The van der Waals surface area contributed by atoms with Crippen molar-refractivity contribution < 1.29 is 30.5 Å². The van der Waals surface area contributed by atoms with Gasteiger partial charge in [-0.25, -0.2) is 21.2 Å². The van der Waals surface area contributed by atoms with Crippen LogP contribution in [-0.2, 0) is 52.2 Å². The van der Waals surface area contributed by atoms with Crippen LogP contribution in [0.5, 0.6) is 0 Å². The van der Waals surface area contributed by atoms with Gasteiger partial charge in [0, 0.05) is 57.3 Å². The average molecular weight is 708 g/mol. The third-order valence-electron chi connectivity index (χ3n) is 8.91. The number of pyridine rings is 1. The Hall–Kier alpha value is -3.77. The Morgan fingerprint density at radius 2 is 1.42 bits per heavy atom. The third-order valence-corrected chi connectivity index (χ3v) is 14.1. The molecule has 0 saturated carbocycles. The Morgan fingerprint density at radius 3 is 2.00 bits per heavy atom. The molecule has 11 heteroatoms. The fourth-order valence-corrected chi connectivity index (χ4v) is 8.30. The Kier molecular flexibility index (Phi) is 9.33. The van der Waals surface area contributed by atoms with Gasteiger partial charge in [-0.05, 0) is 92.4 Å². The number of rotatable bonds is 10. The average Bonchev–Trinajstić information content (AvgIpc) is 3.03. The molecular weight excluding hydrogens is 670 g/mol. The van der Waals surface area contributed by atoms with Gasteiger partial charge in [0.05, 0.1) is 20.8 Å². The van der Waals surface area contributed by atoms with Gasteiger partial charge >= 0.3 is 0 Å². The molecule has 5 rings (SSSR count). The van der Waals surface area contributed by atoms with Gasteiger partial charge in [-0.15, -0.1) is 0 Å².